The lowest BCUT2D eigenvalue weighted by Gasteiger charge is -2.24. The standard InChI is InChI=1S/C59H37N5O2/c65-58-47-30-18-32-51(53(47)59(66)64(58)54-48(39-21-8-2-9-22-39)35-44(38-19-6-1-7-20-38)36-49(54)40-23-10-3-11-24-40)63-50-31-17-16-29-45(50)46-34-33-43(37-52(46)63)57-61-55(41-25-12-4-13-26-41)60-56(62-57)42-27-14-5-15-28-42/h1-37H. The molecule has 12 rings (SSSR count). The largest absolute Gasteiger partial charge is 0.308 e. The molecular weight excluding hydrogens is 811 g/mol. The van der Waals surface area contributed by atoms with Crippen LogP contribution in [0.4, 0.5) is 5.69 Å². The van der Waals surface area contributed by atoms with E-state index in [-0.39, 0.29) is 5.91 Å². The molecule has 2 amide bonds. The van der Waals surface area contributed by atoms with Crippen LogP contribution in [0.25, 0.3) is 95.0 Å². The Hall–Kier alpha value is -9.07. The average molecular weight is 848 g/mol. The lowest BCUT2D eigenvalue weighted by Crippen LogP contribution is -2.30. The van der Waals surface area contributed by atoms with Gasteiger partial charge >= 0.3 is 0 Å². The molecule has 0 N–H and O–H groups in total. The van der Waals surface area contributed by atoms with E-state index in [1.165, 1.54) is 4.90 Å². The van der Waals surface area contributed by atoms with E-state index in [9.17, 15) is 0 Å². The van der Waals surface area contributed by atoms with Gasteiger partial charge in [0, 0.05) is 38.6 Å². The van der Waals surface area contributed by atoms with Crippen LogP contribution in [0, 0.1) is 0 Å². The minimum Gasteiger partial charge on any atom is -0.308 e. The second-order valence-electron chi connectivity index (χ2n) is 16.3. The normalized spacial score (nSPS) is 12.3. The van der Waals surface area contributed by atoms with Gasteiger partial charge in [-0.15, -0.1) is 0 Å². The smallest absolute Gasteiger partial charge is 0.268 e. The van der Waals surface area contributed by atoms with Gasteiger partial charge < -0.3 is 4.57 Å². The number of benzene rings is 9. The molecule has 7 nitrogen and oxygen atoms in total. The van der Waals surface area contributed by atoms with Gasteiger partial charge in [-0.1, -0.05) is 188 Å². The third-order valence-corrected chi connectivity index (χ3v) is 12.4. The molecule has 0 bridgehead atoms. The van der Waals surface area contributed by atoms with E-state index < -0.39 is 5.91 Å². The number of hydrogen-bond acceptors (Lipinski definition) is 5. The fourth-order valence-corrected chi connectivity index (χ4v) is 9.31. The molecule has 0 saturated heterocycles. The Morgan fingerprint density at radius 2 is 0.788 bits per heavy atom. The maximum atomic E-state index is 15.6. The molecule has 0 saturated carbocycles. The number of imide groups is 1. The molecule has 3 heterocycles. The number of anilines is 1. The summed E-state index contributed by atoms with van der Waals surface area (Å²) < 4.78 is 2.10. The molecule has 0 spiro atoms. The first-order valence-electron chi connectivity index (χ1n) is 21.9. The molecule has 9 aromatic carbocycles. The Labute approximate surface area is 380 Å². The van der Waals surface area contributed by atoms with Gasteiger partial charge in [0.2, 0.25) is 0 Å². The van der Waals surface area contributed by atoms with E-state index in [0.717, 1.165) is 71.9 Å². The van der Waals surface area contributed by atoms with E-state index in [4.69, 9.17) is 15.0 Å². The predicted molar refractivity (Wildman–Crippen MR) is 264 cm³/mol. The predicted octanol–water partition coefficient (Wildman–Crippen LogP) is 13.8. The quantitative estimate of drug-likeness (QED) is 0.142. The maximum absolute atomic E-state index is 15.6. The zero-order valence-corrected chi connectivity index (χ0v) is 35.4. The molecule has 0 unspecified atom stereocenters. The van der Waals surface area contributed by atoms with Crippen LogP contribution < -0.4 is 4.90 Å². The Morgan fingerprint density at radius 1 is 0.318 bits per heavy atom. The number of carbonyl (C=O) groups excluding carboxylic acids is 2. The SMILES string of the molecule is O=C1c2cccc(-n3c4ccccc4c4ccc(-c5nc(-c6ccccc6)nc(-c6ccccc6)n5)cc43)c2C(=O)N1c1c(-c2ccccc2)cc(-c2ccccc2)cc1-c1ccccc1. The molecule has 66 heavy (non-hydrogen) atoms. The molecule has 0 radical (unpaired) electrons. The van der Waals surface area contributed by atoms with Gasteiger partial charge in [0.1, 0.15) is 0 Å². The van der Waals surface area contributed by atoms with E-state index in [1.807, 2.05) is 170 Å². The third-order valence-electron chi connectivity index (χ3n) is 12.4. The number of fused-ring (bicyclic) bond motifs is 4. The van der Waals surface area contributed by atoms with Crippen LogP contribution in [-0.2, 0) is 0 Å². The summed E-state index contributed by atoms with van der Waals surface area (Å²) in [5.41, 5.74) is 11.4. The summed E-state index contributed by atoms with van der Waals surface area (Å²) in [4.78, 5) is 47.2. The molecular formula is C59H37N5O2. The Kier molecular flexibility index (Phi) is 9.31. The van der Waals surface area contributed by atoms with Crippen LogP contribution in [0.3, 0.4) is 0 Å². The molecule has 11 aromatic rings. The van der Waals surface area contributed by atoms with Gasteiger partial charge in [-0.25, -0.2) is 19.9 Å². The number of rotatable bonds is 8. The van der Waals surface area contributed by atoms with Crippen LogP contribution in [-0.4, -0.2) is 31.3 Å². The Morgan fingerprint density at radius 3 is 1.35 bits per heavy atom. The van der Waals surface area contributed by atoms with Crippen LogP contribution >= 0.6 is 0 Å². The van der Waals surface area contributed by atoms with Crippen LogP contribution in [0.15, 0.2) is 224 Å². The van der Waals surface area contributed by atoms with E-state index >= 15 is 9.59 Å². The van der Waals surface area contributed by atoms with E-state index in [0.29, 0.717) is 40.0 Å². The van der Waals surface area contributed by atoms with Crippen molar-refractivity contribution in [2.24, 2.45) is 0 Å². The number of aromatic nitrogens is 4. The number of hydrogen-bond donors (Lipinski definition) is 0. The van der Waals surface area contributed by atoms with Crippen molar-refractivity contribution in [1.82, 2.24) is 19.5 Å². The van der Waals surface area contributed by atoms with Crippen molar-refractivity contribution in [3.8, 4) is 73.2 Å². The summed E-state index contributed by atoms with van der Waals surface area (Å²) in [6.07, 6.45) is 0. The molecule has 0 atom stereocenters. The summed E-state index contributed by atoms with van der Waals surface area (Å²) in [6.45, 7) is 0. The van der Waals surface area contributed by atoms with Crippen molar-refractivity contribution in [3.05, 3.63) is 236 Å². The van der Waals surface area contributed by atoms with Crippen LogP contribution in [0.2, 0.25) is 0 Å². The minimum absolute atomic E-state index is 0.332. The van der Waals surface area contributed by atoms with Crippen LogP contribution in [0.5, 0.6) is 0 Å². The van der Waals surface area contributed by atoms with Gasteiger partial charge in [0.15, 0.2) is 17.5 Å². The van der Waals surface area contributed by atoms with Crippen molar-refractivity contribution in [2.75, 3.05) is 4.90 Å². The number of nitrogens with zero attached hydrogens (tertiary/aromatic N) is 5. The second kappa shape index (κ2) is 15.9. The summed E-state index contributed by atoms with van der Waals surface area (Å²) >= 11 is 0. The van der Waals surface area contributed by atoms with Gasteiger partial charge in [-0.2, -0.15) is 0 Å². The zero-order valence-electron chi connectivity index (χ0n) is 35.4. The van der Waals surface area contributed by atoms with Gasteiger partial charge in [-0.05, 0) is 58.7 Å². The van der Waals surface area contributed by atoms with E-state index in [1.54, 1.807) is 6.07 Å². The zero-order chi connectivity index (χ0) is 44.1. The molecule has 1 aliphatic rings. The average Bonchev–Trinajstić information content (AvgIpc) is 3.86. The lowest BCUT2D eigenvalue weighted by molar-refractivity contribution is 0.0926. The van der Waals surface area contributed by atoms with Gasteiger partial charge in [0.25, 0.3) is 11.8 Å². The highest BCUT2D eigenvalue weighted by Gasteiger charge is 2.42. The first-order chi connectivity index (χ1) is 32.6. The molecule has 2 aromatic heterocycles. The highest BCUT2D eigenvalue weighted by atomic mass is 16.2. The first-order valence-corrected chi connectivity index (χ1v) is 21.9. The number of amides is 2. The second-order valence-corrected chi connectivity index (χ2v) is 16.3. The summed E-state index contributed by atoms with van der Waals surface area (Å²) in [5.74, 6) is 0.857. The van der Waals surface area contributed by atoms with E-state index in [2.05, 4.69) is 53.1 Å². The monoisotopic (exact) mass is 847 g/mol. The van der Waals surface area contributed by atoms with Crippen molar-refractivity contribution >= 4 is 39.3 Å². The lowest BCUT2D eigenvalue weighted by atomic mass is 9.90. The molecule has 310 valence electrons. The van der Waals surface area contributed by atoms with Crippen molar-refractivity contribution < 1.29 is 9.59 Å². The minimum atomic E-state index is -0.396. The van der Waals surface area contributed by atoms with Crippen molar-refractivity contribution in [3.63, 3.8) is 0 Å². The molecule has 1 aliphatic heterocycles. The molecule has 7 heteroatoms. The topological polar surface area (TPSA) is 81.0 Å². The fourth-order valence-electron chi connectivity index (χ4n) is 9.31. The maximum Gasteiger partial charge on any atom is 0.268 e. The Bertz CT molecular complexity index is 3550. The highest BCUT2D eigenvalue weighted by molar-refractivity contribution is 6.37. The van der Waals surface area contributed by atoms with Crippen molar-refractivity contribution in [1.29, 1.82) is 0 Å². The summed E-state index contributed by atoms with van der Waals surface area (Å²) in [6, 6.07) is 74.1. The Balaban J connectivity index is 1.07. The first kappa shape index (κ1) is 38.6. The summed E-state index contributed by atoms with van der Waals surface area (Å²) in [5, 5.41) is 1.99. The summed E-state index contributed by atoms with van der Waals surface area (Å²) in [7, 11) is 0. The number of carbonyl (C=O) groups is 2. The number of para-hydroxylation sites is 1. The fraction of sp³-hybridized carbons (Fsp3) is 0. The van der Waals surface area contributed by atoms with Crippen molar-refractivity contribution in [2.45, 2.75) is 0 Å². The molecule has 0 aliphatic carbocycles. The van der Waals surface area contributed by atoms with Crippen LogP contribution in [0.1, 0.15) is 20.7 Å². The third kappa shape index (κ3) is 6.49. The molecule has 0 fully saturated rings. The van der Waals surface area contributed by atoms with Gasteiger partial charge in [0.05, 0.1) is 33.5 Å². The van der Waals surface area contributed by atoms with Gasteiger partial charge in [-0.3, -0.25) is 9.59 Å². The highest BCUT2D eigenvalue weighted by Crippen LogP contribution is 2.47.